The van der Waals surface area contributed by atoms with Crippen LogP contribution in [0.4, 0.5) is 11.4 Å². The number of anilines is 1. The van der Waals surface area contributed by atoms with Crippen molar-refractivity contribution in [1.82, 2.24) is 15.1 Å². The molecule has 0 saturated carbocycles. The standard InChI is InChI=1S/C27H31N5O4/c1-18-24(26(33)34)25(20-10-9-13-22(16-20)32(35)36)30-17-23(19(2)29-14-7-4-8-15-29)31(27(30)28-18)21-11-5-3-6-12-21/h3,5-6,9-13,16-17,19,25,27-28H,4,7-8,14-15H2,1-2H3,(H,33,34). The zero-order chi connectivity index (χ0) is 25.4. The second-order valence-electron chi connectivity index (χ2n) is 9.60. The van der Waals surface area contributed by atoms with Gasteiger partial charge in [0.05, 0.1) is 22.2 Å². The number of hydrogen-bond acceptors (Lipinski definition) is 7. The number of para-hydroxylation sites is 1. The van der Waals surface area contributed by atoms with Crippen molar-refractivity contribution >= 4 is 17.3 Å². The number of benzene rings is 2. The zero-order valence-electron chi connectivity index (χ0n) is 20.5. The minimum absolute atomic E-state index is 0.0602. The summed E-state index contributed by atoms with van der Waals surface area (Å²) in [5.74, 6) is -1.05. The minimum Gasteiger partial charge on any atom is -0.478 e. The molecule has 2 aromatic rings. The SMILES string of the molecule is CC1=C(C(=O)O)C(c2cccc([N+](=O)[O-])c2)N2C=C(C(C)N3CCCCC3)N(c3ccccc3)C2N1. The van der Waals surface area contributed by atoms with E-state index in [9.17, 15) is 20.0 Å². The Morgan fingerprint density at radius 3 is 2.50 bits per heavy atom. The Hall–Kier alpha value is -3.85. The summed E-state index contributed by atoms with van der Waals surface area (Å²) in [5, 5.41) is 25.2. The van der Waals surface area contributed by atoms with Crippen LogP contribution in [0.5, 0.6) is 0 Å². The summed E-state index contributed by atoms with van der Waals surface area (Å²) >= 11 is 0. The van der Waals surface area contributed by atoms with Gasteiger partial charge in [-0.2, -0.15) is 0 Å². The molecule has 0 bridgehead atoms. The monoisotopic (exact) mass is 489 g/mol. The van der Waals surface area contributed by atoms with Crippen LogP contribution in [0.15, 0.2) is 77.8 Å². The van der Waals surface area contributed by atoms with E-state index in [2.05, 4.69) is 34.2 Å². The highest BCUT2D eigenvalue weighted by atomic mass is 16.6. The lowest BCUT2D eigenvalue weighted by Crippen LogP contribution is -2.56. The van der Waals surface area contributed by atoms with Crippen LogP contribution < -0.4 is 10.2 Å². The average molecular weight is 490 g/mol. The molecular weight excluding hydrogens is 458 g/mol. The van der Waals surface area contributed by atoms with Crippen molar-refractivity contribution in [3.05, 3.63) is 93.4 Å². The van der Waals surface area contributed by atoms with Crippen LogP contribution in [-0.2, 0) is 4.79 Å². The van der Waals surface area contributed by atoms with Crippen molar-refractivity contribution in [2.45, 2.75) is 51.5 Å². The Kier molecular flexibility index (Phi) is 6.40. The molecule has 5 rings (SSSR count). The lowest BCUT2D eigenvalue weighted by Gasteiger charge is -2.44. The number of carbonyl (C=O) groups is 1. The molecule has 3 heterocycles. The molecule has 3 unspecified atom stereocenters. The smallest absolute Gasteiger partial charge is 0.335 e. The summed E-state index contributed by atoms with van der Waals surface area (Å²) in [4.78, 5) is 30.2. The molecule has 36 heavy (non-hydrogen) atoms. The largest absolute Gasteiger partial charge is 0.478 e. The van der Waals surface area contributed by atoms with Gasteiger partial charge in [0.2, 0.25) is 0 Å². The maximum atomic E-state index is 12.5. The predicted octanol–water partition coefficient (Wildman–Crippen LogP) is 4.42. The number of likely N-dealkylation sites (tertiary alicyclic amines) is 1. The van der Waals surface area contributed by atoms with Crippen LogP contribution in [-0.4, -0.2) is 51.2 Å². The highest BCUT2D eigenvalue weighted by Gasteiger charge is 2.46. The molecule has 9 heteroatoms. The summed E-state index contributed by atoms with van der Waals surface area (Å²) in [6, 6.07) is 15.8. The second kappa shape index (κ2) is 9.66. The number of fused-ring (bicyclic) bond motifs is 1. The number of aliphatic carboxylic acids is 1. The Bertz CT molecular complexity index is 1220. The van der Waals surface area contributed by atoms with Crippen molar-refractivity contribution in [2.75, 3.05) is 18.0 Å². The third-order valence-electron chi connectivity index (χ3n) is 7.44. The molecule has 0 radical (unpaired) electrons. The normalized spacial score (nSPS) is 23.1. The van der Waals surface area contributed by atoms with Crippen LogP contribution in [0, 0.1) is 10.1 Å². The molecule has 188 valence electrons. The van der Waals surface area contributed by atoms with Gasteiger partial charge in [-0.25, -0.2) is 4.79 Å². The van der Waals surface area contributed by atoms with Crippen molar-refractivity contribution in [2.24, 2.45) is 0 Å². The molecule has 9 nitrogen and oxygen atoms in total. The van der Waals surface area contributed by atoms with Gasteiger partial charge in [0, 0.05) is 35.8 Å². The number of nitro benzene ring substituents is 1. The van der Waals surface area contributed by atoms with E-state index in [0.717, 1.165) is 37.3 Å². The van der Waals surface area contributed by atoms with Crippen LogP contribution in [0.3, 0.4) is 0 Å². The number of piperidine rings is 1. The molecule has 3 atom stereocenters. The third kappa shape index (κ3) is 4.19. The average Bonchev–Trinajstić information content (AvgIpc) is 3.27. The molecule has 3 aliphatic rings. The summed E-state index contributed by atoms with van der Waals surface area (Å²) in [7, 11) is 0. The van der Waals surface area contributed by atoms with E-state index in [-0.39, 0.29) is 23.6 Å². The van der Waals surface area contributed by atoms with Gasteiger partial charge in [-0.15, -0.1) is 0 Å². The van der Waals surface area contributed by atoms with Crippen LogP contribution in [0.25, 0.3) is 0 Å². The summed E-state index contributed by atoms with van der Waals surface area (Å²) < 4.78 is 0. The topological polar surface area (TPSA) is 102 Å². The number of rotatable bonds is 6. The van der Waals surface area contributed by atoms with Gasteiger partial charge in [0.15, 0.2) is 6.29 Å². The lowest BCUT2D eigenvalue weighted by atomic mass is 9.93. The number of nitrogens with zero attached hydrogens (tertiary/aromatic N) is 4. The van der Waals surface area contributed by atoms with Crippen molar-refractivity contribution in [3.63, 3.8) is 0 Å². The minimum atomic E-state index is -1.05. The van der Waals surface area contributed by atoms with Crippen molar-refractivity contribution in [3.8, 4) is 0 Å². The van der Waals surface area contributed by atoms with E-state index < -0.39 is 16.9 Å². The van der Waals surface area contributed by atoms with E-state index in [1.807, 2.05) is 29.3 Å². The van der Waals surface area contributed by atoms with Crippen molar-refractivity contribution < 1.29 is 14.8 Å². The molecule has 0 amide bonds. The Balaban J connectivity index is 1.64. The Morgan fingerprint density at radius 1 is 1.11 bits per heavy atom. The Morgan fingerprint density at radius 2 is 1.83 bits per heavy atom. The molecule has 0 aliphatic carbocycles. The third-order valence-corrected chi connectivity index (χ3v) is 7.44. The van der Waals surface area contributed by atoms with E-state index in [1.54, 1.807) is 19.1 Å². The van der Waals surface area contributed by atoms with Gasteiger partial charge in [-0.1, -0.05) is 36.8 Å². The fourth-order valence-corrected chi connectivity index (χ4v) is 5.65. The number of non-ortho nitro benzene ring substituents is 1. The van der Waals surface area contributed by atoms with Gasteiger partial charge in [0.1, 0.15) is 0 Å². The quantitative estimate of drug-likeness (QED) is 0.454. The fraction of sp³-hybridized carbons (Fsp3) is 0.370. The van der Waals surface area contributed by atoms with Gasteiger partial charge in [-0.05, 0) is 57.5 Å². The molecule has 0 aromatic heterocycles. The number of nitrogens with one attached hydrogen (secondary N) is 1. The molecule has 2 N–H and O–H groups in total. The zero-order valence-corrected chi connectivity index (χ0v) is 20.5. The summed E-state index contributed by atoms with van der Waals surface area (Å²) in [6.45, 7) is 6.00. The van der Waals surface area contributed by atoms with Gasteiger partial charge in [-0.3, -0.25) is 15.0 Å². The van der Waals surface area contributed by atoms with E-state index >= 15 is 0 Å². The molecule has 0 spiro atoms. The van der Waals surface area contributed by atoms with Crippen LogP contribution in [0.1, 0.15) is 44.7 Å². The second-order valence-corrected chi connectivity index (χ2v) is 9.60. The highest BCUT2D eigenvalue weighted by molar-refractivity contribution is 5.89. The number of carboxylic acid groups (broad SMARTS) is 1. The molecule has 1 saturated heterocycles. The van der Waals surface area contributed by atoms with Gasteiger partial charge >= 0.3 is 5.97 Å². The van der Waals surface area contributed by atoms with Crippen LogP contribution >= 0.6 is 0 Å². The van der Waals surface area contributed by atoms with E-state index in [0.29, 0.717) is 11.3 Å². The lowest BCUT2D eigenvalue weighted by molar-refractivity contribution is -0.384. The maximum Gasteiger partial charge on any atom is 0.335 e. The first kappa shape index (κ1) is 23.9. The number of allylic oxidation sites excluding steroid dienone is 1. The predicted molar refractivity (Wildman–Crippen MR) is 137 cm³/mol. The van der Waals surface area contributed by atoms with E-state index in [4.69, 9.17) is 0 Å². The van der Waals surface area contributed by atoms with E-state index in [1.165, 1.54) is 18.6 Å². The molecule has 2 aromatic carbocycles. The first-order valence-corrected chi connectivity index (χ1v) is 12.4. The first-order valence-electron chi connectivity index (χ1n) is 12.4. The van der Waals surface area contributed by atoms with Crippen molar-refractivity contribution in [1.29, 1.82) is 0 Å². The number of hydrogen-bond donors (Lipinski definition) is 2. The fourth-order valence-electron chi connectivity index (χ4n) is 5.65. The Labute approximate surface area is 210 Å². The number of carboxylic acids is 1. The number of nitro groups is 1. The summed E-state index contributed by atoms with van der Waals surface area (Å²) in [6.07, 6.45) is 5.23. The molecule has 3 aliphatic heterocycles. The van der Waals surface area contributed by atoms with Gasteiger partial charge in [0.25, 0.3) is 5.69 Å². The highest BCUT2D eigenvalue weighted by Crippen LogP contribution is 2.43. The van der Waals surface area contributed by atoms with Gasteiger partial charge < -0.3 is 20.2 Å². The molecular formula is C27H31N5O4. The molecule has 1 fully saturated rings. The first-order chi connectivity index (χ1) is 17.4. The van der Waals surface area contributed by atoms with Crippen LogP contribution in [0.2, 0.25) is 0 Å². The summed E-state index contributed by atoms with van der Waals surface area (Å²) in [5.41, 5.74) is 3.30. The maximum absolute atomic E-state index is 12.5.